The van der Waals surface area contributed by atoms with Crippen molar-refractivity contribution in [1.82, 2.24) is 9.80 Å². The number of carbonyl (C=O) groups is 1. The van der Waals surface area contributed by atoms with E-state index in [1.165, 1.54) is 18.2 Å². The predicted octanol–water partition coefficient (Wildman–Crippen LogP) is 3.63. The Morgan fingerprint density at radius 3 is 2.66 bits per heavy atom. The minimum absolute atomic E-state index is 0.0236. The summed E-state index contributed by atoms with van der Waals surface area (Å²) < 4.78 is 25.6. The summed E-state index contributed by atoms with van der Waals surface area (Å²) in [5, 5.41) is 20.8. The van der Waals surface area contributed by atoms with E-state index in [1.807, 2.05) is 0 Å². The van der Waals surface area contributed by atoms with Crippen molar-refractivity contribution >= 4 is 17.5 Å². The Morgan fingerprint density at radius 2 is 1.91 bits per heavy atom. The van der Waals surface area contributed by atoms with Crippen LogP contribution in [0.3, 0.4) is 0 Å². The molecule has 5 rings (SSSR count). The van der Waals surface area contributed by atoms with Crippen LogP contribution in [-0.2, 0) is 6.42 Å². The molecule has 1 spiro atoms. The maximum absolute atomic E-state index is 13.6. The number of ether oxygens (including phenoxy) is 2. The number of likely N-dealkylation sites (tertiary alicyclic amines) is 2. The summed E-state index contributed by atoms with van der Waals surface area (Å²) >= 11 is 6.06. The number of hydrogen-bond acceptors (Lipinski definition) is 6. The molecule has 2 saturated heterocycles. The zero-order valence-corrected chi connectivity index (χ0v) is 20.3. The number of phenols is 1. The van der Waals surface area contributed by atoms with Gasteiger partial charge < -0.3 is 29.5 Å². The highest BCUT2D eigenvalue weighted by Crippen LogP contribution is 2.41. The lowest BCUT2D eigenvalue weighted by Crippen LogP contribution is -2.49. The average molecular weight is 505 g/mol. The Morgan fingerprint density at radius 1 is 1.17 bits per heavy atom. The second-order valence-corrected chi connectivity index (χ2v) is 10.2. The number of amides is 1. The van der Waals surface area contributed by atoms with E-state index >= 15 is 0 Å². The van der Waals surface area contributed by atoms with Gasteiger partial charge in [0.05, 0.1) is 10.6 Å². The van der Waals surface area contributed by atoms with Gasteiger partial charge in [-0.15, -0.1) is 0 Å². The Kier molecular flexibility index (Phi) is 6.79. The molecule has 1 amide bonds. The van der Waals surface area contributed by atoms with Crippen LogP contribution in [0.1, 0.15) is 41.6 Å². The first-order chi connectivity index (χ1) is 16.8. The van der Waals surface area contributed by atoms with Crippen molar-refractivity contribution in [2.24, 2.45) is 0 Å². The van der Waals surface area contributed by atoms with Crippen LogP contribution in [0.15, 0.2) is 30.3 Å². The fraction of sp³-hybridized carbons (Fsp3) is 0.500. The molecule has 188 valence electrons. The molecule has 2 aromatic rings. The molecule has 0 saturated carbocycles. The minimum atomic E-state index is -0.785. The number of phenolic OH excluding ortho intramolecular Hbond substituents is 1. The molecule has 35 heavy (non-hydrogen) atoms. The van der Waals surface area contributed by atoms with Crippen molar-refractivity contribution in [3.63, 3.8) is 0 Å². The monoisotopic (exact) mass is 504 g/mol. The largest absolute Gasteiger partial charge is 0.506 e. The quantitative estimate of drug-likeness (QED) is 0.625. The number of hydrogen-bond donors (Lipinski definition) is 2. The maximum atomic E-state index is 13.6. The first-order valence-corrected chi connectivity index (χ1v) is 12.5. The fourth-order valence-electron chi connectivity index (χ4n) is 5.28. The van der Waals surface area contributed by atoms with E-state index in [0.29, 0.717) is 26.1 Å². The summed E-state index contributed by atoms with van der Waals surface area (Å²) in [6.45, 7) is 3.23. The first kappa shape index (κ1) is 24.2. The number of β-amino-alcohol motifs (C(OH)–C–C–N with tert-alkyl or cyclic N) is 1. The molecule has 3 aliphatic heterocycles. The molecule has 2 aromatic carbocycles. The van der Waals surface area contributed by atoms with Gasteiger partial charge in [-0.3, -0.25) is 4.79 Å². The van der Waals surface area contributed by atoms with Crippen molar-refractivity contribution in [2.45, 2.75) is 43.8 Å². The van der Waals surface area contributed by atoms with Crippen LogP contribution in [0.5, 0.6) is 17.2 Å². The van der Waals surface area contributed by atoms with Crippen LogP contribution >= 0.6 is 11.6 Å². The number of aromatic hydroxyl groups is 1. The van der Waals surface area contributed by atoms with Crippen LogP contribution in [0.25, 0.3) is 0 Å². The van der Waals surface area contributed by atoms with Crippen LogP contribution in [0, 0.1) is 5.82 Å². The molecular formula is C26H30ClFN2O5. The zero-order chi connectivity index (χ0) is 24.6. The number of piperidine rings is 1. The third-order valence-corrected chi connectivity index (χ3v) is 7.50. The molecule has 3 aliphatic rings. The van der Waals surface area contributed by atoms with E-state index in [2.05, 4.69) is 4.90 Å². The first-order valence-electron chi connectivity index (χ1n) is 12.1. The van der Waals surface area contributed by atoms with Gasteiger partial charge in [0.2, 0.25) is 0 Å². The highest BCUT2D eigenvalue weighted by molar-refractivity contribution is 6.32. The van der Waals surface area contributed by atoms with Gasteiger partial charge in [0.15, 0.2) is 0 Å². The third-order valence-electron chi connectivity index (χ3n) is 7.20. The topological polar surface area (TPSA) is 82.5 Å². The van der Waals surface area contributed by atoms with E-state index in [1.54, 1.807) is 17.0 Å². The second kappa shape index (κ2) is 9.84. The summed E-state index contributed by atoms with van der Waals surface area (Å²) in [5.41, 5.74) is 0.897. The van der Waals surface area contributed by atoms with Gasteiger partial charge >= 0.3 is 0 Å². The molecule has 2 N–H and O–H groups in total. The fourth-order valence-corrected chi connectivity index (χ4v) is 5.44. The number of benzene rings is 2. The Labute approximate surface area is 209 Å². The van der Waals surface area contributed by atoms with Crippen LogP contribution in [0.4, 0.5) is 4.39 Å². The van der Waals surface area contributed by atoms with E-state index in [0.717, 1.165) is 50.1 Å². The summed E-state index contributed by atoms with van der Waals surface area (Å²) in [4.78, 5) is 16.8. The average Bonchev–Trinajstić information content (AvgIpc) is 3.49. The standard InChI is InChI=1S/C26H30ClFN2O5/c27-21-12-20(25(33)30-7-1-2-8-30)24(13-22(21)32)34-16-19(31)15-29-9-5-26(6-10-29)14-17-11-18(28)3-4-23(17)35-26/h3-4,11-13,19,31-32H,1-2,5-10,14-16H2/t19-/m1/s1. The van der Waals surface area contributed by atoms with Gasteiger partial charge in [0.1, 0.15) is 41.4 Å². The zero-order valence-electron chi connectivity index (χ0n) is 19.5. The van der Waals surface area contributed by atoms with Gasteiger partial charge in [-0.1, -0.05) is 11.6 Å². The smallest absolute Gasteiger partial charge is 0.257 e. The summed E-state index contributed by atoms with van der Waals surface area (Å²) in [6, 6.07) is 7.43. The molecule has 3 heterocycles. The van der Waals surface area contributed by atoms with E-state index in [9.17, 15) is 19.4 Å². The highest BCUT2D eigenvalue weighted by Gasteiger charge is 2.42. The van der Waals surface area contributed by atoms with Crippen molar-refractivity contribution in [3.8, 4) is 17.2 Å². The molecule has 2 fully saturated rings. The molecule has 7 nitrogen and oxygen atoms in total. The maximum Gasteiger partial charge on any atom is 0.257 e. The normalized spacial score (nSPS) is 20.0. The molecule has 1 atom stereocenters. The molecule has 0 bridgehead atoms. The van der Waals surface area contributed by atoms with E-state index < -0.39 is 6.10 Å². The number of carbonyl (C=O) groups excluding carboxylic acids is 1. The molecule has 0 aromatic heterocycles. The van der Waals surface area contributed by atoms with Gasteiger partial charge in [0, 0.05) is 63.6 Å². The van der Waals surface area contributed by atoms with Crippen molar-refractivity contribution in [2.75, 3.05) is 39.3 Å². The highest BCUT2D eigenvalue weighted by atomic mass is 35.5. The van der Waals surface area contributed by atoms with Crippen molar-refractivity contribution in [1.29, 1.82) is 0 Å². The molecular weight excluding hydrogens is 475 g/mol. The van der Waals surface area contributed by atoms with E-state index in [4.69, 9.17) is 21.1 Å². The third kappa shape index (κ3) is 5.20. The molecule has 0 unspecified atom stereocenters. The number of halogens is 2. The predicted molar refractivity (Wildman–Crippen MR) is 129 cm³/mol. The second-order valence-electron chi connectivity index (χ2n) is 9.78. The van der Waals surface area contributed by atoms with Gasteiger partial charge in [-0.25, -0.2) is 4.39 Å². The molecule has 0 aliphatic carbocycles. The number of rotatable bonds is 6. The molecule has 0 radical (unpaired) electrons. The number of aliphatic hydroxyl groups is 1. The van der Waals surface area contributed by atoms with Gasteiger partial charge in [-0.2, -0.15) is 0 Å². The van der Waals surface area contributed by atoms with Crippen LogP contribution in [0.2, 0.25) is 5.02 Å². The van der Waals surface area contributed by atoms with Gasteiger partial charge in [0.25, 0.3) is 5.91 Å². The number of fused-ring (bicyclic) bond motifs is 1. The lowest BCUT2D eigenvalue weighted by Gasteiger charge is -2.39. The molecule has 9 heteroatoms. The Hall–Kier alpha value is -2.55. The Bertz CT molecular complexity index is 1100. The summed E-state index contributed by atoms with van der Waals surface area (Å²) in [5.74, 6) is 0.369. The summed E-state index contributed by atoms with van der Waals surface area (Å²) in [6.07, 6.45) is 3.41. The summed E-state index contributed by atoms with van der Waals surface area (Å²) in [7, 11) is 0. The SMILES string of the molecule is O=C(c1cc(Cl)c(O)cc1OC[C@H](O)CN1CCC2(CC1)Cc1cc(F)ccc1O2)N1CCCC1. The number of aliphatic hydroxyl groups excluding tert-OH is 1. The van der Waals surface area contributed by atoms with Gasteiger partial charge in [-0.05, 0) is 37.1 Å². The van der Waals surface area contributed by atoms with Crippen LogP contribution < -0.4 is 9.47 Å². The lowest BCUT2D eigenvalue weighted by molar-refractivity contribution is -0.00202. The minimum Gasteiger partial charge on any atom is -0.506 e. The van der Waals surface area contributed by atoms with E-state index in [-0.39, 0.29) is 46.0 Å². The lowest BCUT2D eigenvalue weighted by atomic mass is 9.87. The van der Waals surface area contributed by atoms with Crippen molar-refractivity contribution in [3.05, 3.63) is 52.3 Å². The van der Waals surface area contributed by atoms with Crippen molar-refractivity contribution < 1.29 is 28.9 Å². The van der Waals surface area contributed by atoms with Crippen LogP contribution in [-0.4, -0.2) is 77.0 Å². The Balaban J connectivity index is 1.15. The number of nitrogens with zero attached hydrogens (tertiary/aromatic N) is 2.